The van der Waals surface area contributed by atoms with E-state index in [9.17, 15) is 22.7 Å². The normalized spacial score (nSPS) is 22.5. The summed E-state index contributed by atoms with van der Waals surface area (Å²) in [5.41, 5.74) is 0.376. The first-order chi connectivity index (χ1) is 16.1. The van der Waals surface area contributed by atoms with E-state index in [1.165, 1.54) is 41.6 Å². The minimum Gasteiger partial charge on any atom is -0.504 e. The van der Waals surface area contributed by atoms with E-state index in [0.717, 1.165) is 19.4 Å². The quantitative estimate of drug-likeness (QED) is 0.430. The number of nitrogens with zero attached hydrogens (tertiary/aromatic N) is 1. The van der Waals surface area contributed by atoms with Gasteiger partial charge < -0.3 is 21.1 Å². The molecule has 4 N–H and O–H groups in total. The van der Waals surface area contributed by atoms with Crippen molar-refractivity contribution in [3.63, 3.8) is 0 Å². The van der Waals surface area contributed by atoms with Crippen molar-refractivity contribution < 1.29 is 22.7 Å². The van der Waals surface area contributed by atoms with Crippen LogP contribution in [0.1, 0.15) is 38.2 Å². The zero-order valence-corrected chi connectivity index (χ0v) is 20.5. The molecule has 0 radical (unpaired) electrons. The summed E-state index contributed by atoms with van der Waals surface area (Å²) in [5, 5.41) is 19.1. The van der Waals surface area contributed by atoms with Crippen LogP contribution in [0.25, 0.3) is 0 Å². The van der Waals surface area contributed by atoms with Gasteiger partial charge in [-0.3, -0.25) is 0 Å². The van der Waals surface area contributed by atoms with Gasteiger partial charge in [0.15, 0.2) is 5.75 Å². The number of amides is 2. The number of hydrogen-bond acceptors (Lipinski definition) is 5. The minimum atomic E-state index is -4.12. The van der Waals surface area contributed by atoms with Crippen LogP contribution >= 0.6 is 11.6 Å². The number of sulfonamides is 1. The van der Waals surface area contributed by atoms with Crippen LogP contribution in [0.15, 0.2) is 35.2 Å². The fourth-order valence-corrected chi connectivity index (χ4v) is 7.49. The molecule has 2 saturated heterocycles. The third kappa shape index (κ3) is 4.59. The predicted octanol–water partition coefficient (Wildman–Crippen LogP) is 4.43. The maximum Gasteiger partial charge on any atom is 0.323 e. The summed E-state index contributed by atoms with van der Waals surface area (Å²) in [7, 11) is -4.12. The molecule has 0 unspecified atom stereocenters. The lowest BCUT2D eigenvalue weighted by Crippen LogP contribution is -2.51. The van der Waals surface area contributed by atoms with Crippen LogP contribution in [-0.2, 0) is 10.0 Å². The Morgan fingerprint density at radius 3 is 2.44 bits per heavy atom. The lowest BCUT2D eigenvalue weighted by Gasteiger charge is -2.38. The molecule has 184 valence electrons. The van der Waals surface area contributed by atoms with Gasteiger partial charge in [0, 0.05) is 29.4 Å². The van der Waals surface area contributed by atoms with Crippen molar-refractivity contribution in [2.45, 2.75) is 62.6 Å². The van der Waals surface area contributed by atoms with Crippen LogP contribution in [0.3, 0.4) is 0 Å². The molecule has 11 heteroatoms. The van der Waals surface area contributed by atoms with Crippen LogP contribution < -0.4 is 16.0 Å². The number of phenols is 1. The molecular weight excluding hydrogens is 483 g/mol. The smallest absolute Gasteiger partial charge is 0.323 e. The number of anilines is 2. The van der Waals surface area contributed by atoms with Crippen LogP contribution in [0, 0.1) is 12.7 Å². The molecule has 0 saturated carbocycles. The predicted molar refractivity (Wildman–Crippen MR) is 129 cm³/mol. The number of urea groups is 1. The average Bonchev–Trinajstić information content (AvgIpc) is 3.06. The van der Waals surface area contributed by atoms with E-state index in [-0.39, 0.29) is 40.1 Å². The Kier molecular flexibility index (Phi) is 7.04. The molecule has 2 atom stereocenters. The van der Waals surface area contributed by atoms with Crippen molar-refractivity contribution in [2.75, 3.05) is 17.2 Å². The summed E-state index contributed by atoms with van der Waals surface area (Å²) >= 11 is 6.26. The highest BCUT2D eigenvalue weighted by atomic mass is 35.5. The number of hydrogen-bond donors (Lipinski definition) is 4. The second kappa shape index (κ2) is 9.69. The van der Waals surface area contributed by atoms with Crippen molar-refractivity contribution in [3.8, 4) is 5.75 Å². The molecule has 2 bridgehead atoms. The first kappa shape index (κ1) is 24.7. The topological polar surface area (TPSA) is 111 Å². The van der Waals surface area contributed by atoms with Gasteiger partial charge in [-0.15, -0.1) is 0 Å². The molecule has 2 amide bonds. The summed E-state index contributed by atoms with van der Waals surface area (Å²) in [6.45, 7) is 4.35. The van der Waals surface area contributed by atoms with Crippen molar-refractivity contribution in [1.82, 2.24) is 9.62 Å². The molecule has 2 fully saturated rings. The maximum atomic E-state index is 13.8. The maximum absolute atomic E-state index is 13.8. The van der Waals surface area contributed by atoms with Gasteiger partial charge >= 0.3 is 6.03 Å². The number of phenolic OH excluding ortho intramolecular Hbond substituents is 1. The Hall–Kier alpha value is -2.40. The second-order valence-electron chi connectivity index (χ2n) is 8.71. The first-order valence-corrected chi connectivity index (χ1v) is 13.1. The van der Waals surface area contributed by atoms with Gasteiger partial charge in [0.2, 0.25) is 10.0 Å². The van der Waals surface area contributed by atoms with Crippen molar-refractivity contribution in [1.29, 1.82) is 0 Å². The summed E-state index contributed by atoms with van der Waals surface area (Å²) in [5.74, 6) is -1.11. The van der Waals surface area contributed by atoms with Gasteiger partial charge in [0.25, 0.3) is 0 Å². The third-order valence-electron chi connectivity index (χ3n) is 6.54. The van der Waals surface area contributed by atoms with Crippen LogP contribution in [0.2, 0.25) is 5.02 Å². The Balaban J connectivity index is 1.59. The van der Waals surface area contributed by atoms with E-state index in [0.29, 0.717) is 12.8 Å². The monoisotopic (exact) mass is 510 g/mol. The third-order valence-corrected chi connectivity index (χ3v) is 9.05. The number of carbonyl (C=O) groups is 1. The molecule has 34 heavy (non-hydrogen) atoms. The number of aromatic hydroxyl groups is 1. The Labute approximate surface area is 203 Å². The first-order valence-electron chi connectivity index (χ1n) is 11.2. The Bertz CT molecular complexity index is 1200. The van der Waals surface area contributed by atoms with Gasteiger partial charge in [-0.25, -0.2) is 17.6 Å². The van der Waals surface area contributed by atoms with Gasteiger partial charge in [-0.05, 0) is 63.4 Å². The standard InChI is InChI=1S/C23H28ClFN4O4S/c1-3-26-14-11-15-7-8-16(12-14)29(15)34(32,33)22-17(24)9-10-20(21(22)30)28-23(31)27-19-6-4-5-18(25)13(19)2/h4-6,9-10,14-16,26,30H,3,7-8,11-12H2,1-2H3,(H2,27,28,31)/t15-,16-/m0/s1. The molecule has 0 aromatic heterocycles. The van der Waals surface area contributed by atoms with Crippen LogP contribution in [0.5, 0.6) is 5.75 Å². The molecule has 8 nitrogen and oxygen atoms in total. The molecule has 2 heterocycles. The van der Waals surface area contributed by atoms with E-state index >= 15 is 0 Å². The van der Waals surface area contributed by atoms with Gasteiger partial charge in [0.05, 0.1) is 10.7 Å². The van der Waals surface area contributed by atoms with Gasteiger partial charge in [-0.1, -0.05) is 24.6 Å². The fourth-order valence-electron chi connectivity index (χ4n) is 5.00. The van der Waals surface area contributed by atoms with Gasteiger partial charge in [-0.2, -0.15) is 4.31 Å². The molecule has 2 aromatic rings. The van der Waals surface area contributed by atoms with Crippen molar-refractivity contribution in [2.24, 2.45) is 0 Å². The Morgan fingerprint density at radius 1 is 1.15 bits per heavy atom. The highest BCUT2D eigenvalue weighted by Gasteiger charge is 2.48. The molecule has 0 spiro atoms. The van der Waals surface area contributed by atoms with E-state index in [1.54, 1.807) is 0 Å². The average molecular weight is 511 g/mol. The number of benzene rings is 2. The zero-order valence-electron chi connectivity index (χ0n) is 18.9. The lowest BCUT2D eigenvalue weighted by atomic mass is 10.00. The van der Waals surface area contributed by atoms with E-state index in [4.69, 9.17) is 11.6 Å². The minimum absolute atomic E-state index is 0.121. The molecule has 2 aliphatic rings. The molecular formula is C23H28ClFN4O4S. The molecule has 2 aromatic carbocycles. The number of rotatable bonds is 6. The van der Waals surface area contributed by atoms with E-state index in [2.05, 4.69) is 16.0 Å². The summed E-state index contributed by atoms with van der Waals surface area (Å²) in [4.78, 5) is 12.1. The largest absolute Gasteiger partial charge is 0.504 e. The van der Waals surface area contributed by atoms with E-state index < -0.39 is 32.5 Å². The number of piperidine rings is 1. The zero-order chi connectivity index (χ0) is 24.6. The van der Waals surface area contributed by atoms with Crippen molar-refractivity contribution in [3.05, 3.63) is 46.7 Å². The van der Waals surface area contributed by atoms with E-state index in [1.807, 2.05) is 6.92 Å². The lowest BCUT2D eigenvalue weighted by molar-refractivity contribution is 0.208. The number of carbonyl (C=O) groups excluding carboxylic acids is 1. The highest BCUT2D eigenvalue weighted by molar-refractivity contribution is 7.89. The molecule has 4 rings (SSSR count). The number of halogens is 2. The fraction of sp³-hybridized carbons (Fsp3) is 0.435. The summed E-state index contributed by atoms with van der Waals surface area (Å²) < 4.78 is 42.5. The SMILES string of the molecule is CCNC1C[C@@H]2CC[C@@H](C1)N2S(=O)(=O)c1c(Cl)ccc(NC(=O)Nc2cccc(F)c2C)c1O. The summed E-state index contributed by atoms with van der Waals surface area (Å²) in [6.07, 6.45) is 2.87. The second-order valence-corrected chi connectivity index (χ2v) is 10.9. The number of nitrogens with one attached hydrogen (secondary N) is 3. The summed E-state index contributed by atoms with van der Waals surface area (Å²) in [6, 6.07) is 6.03. The highest BCUT2D eigenvalue weighted by Crippen LogP contribution is 2.45. The molecule has 0 aliphatic carbocycles. The number of fused-ring (bicyclic) bond motifs is 2. The van der Waals surface area contributed by atoms with Crippen LogP contribution in [-0.4, -0.2) is 48.5 Å². The van der Waals surface area contributed by atoms with Crippen molar-refractivity contribution >= 4 is 39.0 Å². The van der Waals surface area contributed by atoms with Gasteiger partial charge in [0.1, 0.15) is 10.7 Å². The molecule has 2 aliphatic heterocycles. The Morgan fingerprint density at radius 2 is 1.79 bits per heavy atom. The van der Waals surface area contributed by atoms with Crippen LogP contribution in [0.4, 0.5) is 20.6 Å².